The topological polar surface area (TPSA) is 106 Å². The van der Waals surface area contributed by atoms with Crippen LogP contribution in [0.15, 0.2) is 59.1 Å². The Morgan fingerprint density at radius 1 is 1.06 bits per heavy atom. The summed E-state index contributed by atoms with van der Waals surface area (Å²) >= 11 is 1.43. The van der Waals surface area contributed by atoms with Crippen molar-refractivity contribution in [3.05, 3.63) is 106 Å². The van der Waals surface area contributed by atoms with Crippen molar-refractivity contribution in [1.29, 1.82) is 0 Å². The third-order valence-corrected chi connectivity index (χ3v) is 11.3. The predicted molar refractivity (Wildman–Crippen MR) is 186 cm³/mol. The average Bonchev–Trinajstić information content (AvgIpc) is 3.96. The molecule has 1 unspecified atom stereocenters. The van der Waals surface area contributed by atoms with E-state index in [1.165, 1.54) is 36.6 Å². The minimum atomic E-state index is -1.34. The molecule has 2 aromatic carbocycles. The van der Waals surface area contributed by atoms with Crippen molar-refractivity contribution in [2.45, 2.75) is 57.3 Å². The zero-order chi connectivity index (χ0) is 35.0. The van der Waals surface area contributed by atoms with Crippen molar-refractivity contribution in [3.8, 4) is 27.6 Å². The number of carbonyl (C=O) groups is 1. The quantitative estimate of drug-likeness (QED) is 0.169. The molecule has 9 rings (SSSR count). The summed E-state index contributed by atoms with van der Waals surface area (Å²) in [6.07, 6.45) is 3.09. The highest BCUT2D eigenvalue weighted by molar-refractivity contribution is 7.23. The fourth-order valence-electron chi connectivity index (χ4n) is 7.87. The number of hydrogen-bond acceptors (Lipinski definition) is 9. The summed E-state index contributed by atoms with van der Waals surface area (Å²) in [4.78, 5) is 26.7. The zero-order valence-corrected chi connectivity index (χ0v) is 28.5. The van der Waals surface area contributed by atoms with E-state index >= 15 is 4.39 Å². The Hall–Kier alpha value is -5.30. The Balaban J connectivity index is 1.20. The van der Waals surface area contributed by atoms with Gasteiger partial charge >= 0.3 is 0 Å². The second kappa shape index (κ2) is 12.2. The summed E-state index contributed by atoms with van der Waals surface area (Å²) in [5, 5.41) is 12.7. The van der Waals surface area contributed by atoms with Crippen molar-refractivity contribution in [1.82, 2.24) is 25.1 Å². The molecule has 1 N–H and O–H groups in total. The molecule has 6 heterocycles. The number of alkyl halides is 1. The molecule has 51 heavy (non-hydrogen) atoms. The molecular weight excluding hydrogens is 678 g/mol. The molecule has 1 fully saturated rings. The number of aromatic nitrogens is 4. The lowest BCUT2D eigenvalue weighted by Crippen LogP contribution is -2.22. The van der Waals surface area contributed by atoms with Crippen LogP contribution in [0.5, 0.6) is 5.75 Å². The Morgan fingerprint density at radius 2 is 1.90 bits per heavy atom. The highest BCUT2D eigenvalue weighted by Gasteiger charge is 2.45. The third-order valence-electron chi connectivity index (χ3n) is 10.2. The van der Waals surface area contributed by atoms with Gasteiger partial charge in [0.2, 0.25) is 11.8 Å². The van der Waals surface area contributed by atoms with Crippen molar-refractivity contribution in [2.24, 2.45) is 0 Å². The fraction of sp³-hybridized carbons (Fsp3) is 0.289. The number of aryl methyl sites for hydroxylation is 3. The van der Waals surface area contributed by atoms with Crippen LogP contribution in [0.2, 0.25) is 0 Å². The number of thiophene rings is 1. The third kappa shape index (κ3) is 5.16. The molecule has 0 saturated carbocycles. The van der Waals surface area contributed by atoms with Crippen molar-refractivity contribution in [3.63, 3.8) is 0 Å². The molecule has 4 aromatic heterocycles. The van der Waals surface area contributed by atoms with Crippen LogP contribution in [0.4, 0.5) is 19.0 Å². The van der Waals surface area contributed by atoms with Gasteiger partial charge in [0.05, 0.1) is 46.4 Å². The number of hydrogen-bond donors (Lipinski definition) is 1. The van der Waals surface area contributed by atoms with Gasteiger partial charge in [-0.25, -0.2) is 18.2 Å². The number of methoxy groups -OCH3 is 1. The molecule has 0 radical (unpaired) electrons. The molecule has 3 atom stereocenters. The number of rotatable bonds is 8. The molecule has 0 spiro atoms. The second-order valence-corrected chi connectivity index (χ2v) is 14.2. The van der Waals surface area contributed by atoms with Gasteiger partial charge in [-0.05, 0) is 72.5 Å². The average molecular weight is 709 g/mol. The van der Waals surface area contributed by atoms with E-state index in [-0.39, 0.29) is 35.8 Å². The van der Waals surface area contributed by atoms with Crippen LogP contribution in [-0.2, 0) is 19.3 Å². The summed E-state index contributed by atoms with van der Waals surface area (Å²) in [5.41, 5.74) is 5.27. The smallest absolute Gasteiger partial charge is 0.257 e. The predicted octanol–water partition coefficient (Wildman–Crippen LogP) is 8.13. The van der Waals surface area contributed by atoms with Gasteiger partial charge in [0.25, 0.3) is 5.91 Å². The monoisotopic (exact) mass is 708 g/mol. The van der Waals surface area contributed by atoms with Gasteiger partial charge < -0.3 is 19.4 Å². The van der Waals surface area contributed by atoms with E-state index < -0.39 is 18.0 Å². The second-order valence-electron chi connectivity index (χ2n) is 13.2. The molecule has 1 saturated heterocycles. The summed E-state index contributed by atoms with van der Waals surface area (Å²) in [7, 11) is 1.38. The highest BCUT2D eigenvalue weighted by atomic mass is 32.1. The van der Waals surface area contributed by atoms with Crippen LogP contribution in [0.3, 0.4) is 0 Å². The van der Waals surface area contributed by atoms with Crippen LogP contribution in [0, 0.1) is 18.6 Å². The molecule has 1 aliphatic carbocycles. The molecular formula is C38H31F3N6O3S. The first-order valence-corrected chi connectivity index (χ1v) is 17.7. The van der Waals surface area contributed by atoms with Gasteiger partial charge in [-0.2, -0.15) is 0 Å². The van der Waals surface area contributed by atoms with Crippen molar-refractivity contribution in [2.75, 3.05) is 19.0 Å². The number of halogens is 3. The van der Waals surface area contributed by atoms with E-state index in [4.69, 9.17) is 14.1 Å². The largest absolute Gasteiger partial charge is 0.493 e. The Bertz CT molecular complexity index is 2360. The number of pyridine rings is 2. The summed E-state index contributed by atoms with van der Waals surface area (Å²) in [5.74, 6) is 0.224. The standard InChI is InChI=1S/C38H31F3N6O3S/c1-18-45-46-37(50-18)29-26(12-7-19-5-8-21(39)9-6-19)43-33-27-4-3-15-47(27)38(48)31(33)30(29)28-16-20-13-14-42-36(35(20)51-28)44-32-22-10-11-24(40)34(49-2)23(22)17-25(32)41/h5-6,8-11,13-14,16,25,27,32H,3-4,7,12,15,17H2,1-2H3,(H,42,44)/t25-,27?,32+/m0/s1. The normalized spacial score (nSPS) is 19.1. The molecule has 13 heteroatoms. The first-order chi connectivity index (χ1) is 24.8. The van der Waals surface area contributed by atoms with Gasteiger partial charge in [0, 0.05) is 42.1 Å². The van der Waals surface area contributed by atoms with Crippen molar-refractivity contribution >= 4 is 33.1 Å². The number of nitrogens with one attached hydrogen (secondary N) is 1. The lowest BCUT2D eigenvalue weighted by molar-refractivity contribution is 0.0776. The van der Waals surface area contributed by atoms with Crippen LogP contribution >= 0.6 is 11.3 Å². The zero-order valence-electron chi connectivity index (χ0n) is 27.7. The van der Waals surface area contributed by atoms with E-state index in [1.807, 2.05) is 17.0 Å². The molecule has 2 aliphatic heterocycles. The molecule has 258 valence electrons. The van der Waals surface area contributed by atoms with Gasteiger partial charge in [-0.3, -0.25) is 9.78 Å². The molecule has 0 bridgehead atoms. The van der Waals surface area contributed by atoms with Crippen LogP contribution in [0.1, 0.15) is 69.3 Å². The number of amides is 1. The van der Waals surface area contributed by atoms with Crippen LogP contribution < -0.4 is 10.1 Å². The number of ether oxygens (including phenoxy) is 1. The first kappa shape index (κ1) is 31.7. The molecule has 6 aromatic rings. The van der Waals surface area contributed by atoms with Gasteiger partial charge in [-0.1, -0.05) is 18.2 Å². The van der Waals surface area contributed by atoms with Gasteiger partial charge in [0.15, 0.2) is 11.6 Å². The Kier molecular flexibility index (Phi) is 7.57. The maximum absolute atomic E-state index is 15.6. The van der Waals surface area contributed by atoms with E-state index in [0.29, 0.717) is 64.6 Å². The molecule has 1 amide bonds. The van der Waals surface area contributed by atoms with E-state index in [9.17, 15) is 13.6 Å². The van der Waals surface area contributed by atoms with Crippen LogP contribution in [0.25, 0.3) is 32.0 Å². The SMILES string of the molecule is COc1c(F)ccc2c1C[C@H](F)[C@@H]2Nc1nccc2cc(-c3c4c(nc(CCc5ccc(F)cc5)c3-c3nnc(C)o3)C3CCCN3C4=O)sc12. The summed E-state index contributed by atoms with van der Waals surface area (Å²) < 4.78 is 56.0. The molecule has 3 aliphatic rings. The van der Waals surface area contributed by atoms with Gasteiger partial charge in [-0.15, -0.1) is 21.5 Å². The van der Waals surface area contributed by atoms with E-state index in [2.05, 4.69) is 20.5 Å². The minimum Gasteiger partial charge on any atom is -0.493 e. The minimum absolute atomic E-state index is 0.0101. The maximum Gasteiger partial charge on any atom is 0.257 e. The number of carbonyl (C=O) groups excluding carboxylic acids is 1. The lowest BCUT2D eigenvalue weighted by atomic mass is 9.93. The number of anilines is 1. The van der Waals surface area contributed by atoms with E-state index in [0.717, 1.165) is 39.1 Å². The summed E-state index contributed by atoms with van der Waals surface area (Å²) in [6.45, 7) is 2.36. The van der Waals surface area contributed by atoms with Crippen molar-refractivity contribution < 1.29 is 27.1 Å². The van der Waals surface area contributed by atoms with Crippen LogP contribution in [-0.4, -0.2) is 50.8 Å². The molecule has 9 nitrogen and oxygen atoms in total. The lowest BCUT2D eigenvalue weighted by Gasteiger charge is -2.18. The number of benzene rings is 2. The first-order valence-electron chi connectivity index (χ1n) is 16.9. The summed E-state index contributed by atoms with van der Waals surface area (Å²) in [6, 6.07) is 12.3. The number of nitrogens with zero attached hydrogens (tertiary/aromatic N) is 5. The van der Waals surface area contributed by atoms with E-state index in [1.54, 1.807) is 31.3 Å². The maximum atomic E-state index is 15.6. The number of fused-ring (bicyclic) bond motifs is 5. The Labute approximate surface area is 294 Å². The van der Waals surface area contributed by atoms with Gasteiger partial charge in [0.1, 0.15) is 17.8 Å². The highest BCUT2D eigenvalue weighted by Crippen LogP contribution is 2.51. The fourth-order valence-corrected chi connectivity index (χ4v) is 9.04. The Morgan fingerprint density at radius 3 is 2.69 bits per heavy atom.